The lowest BCUT2D eigenvalue weighted by Gasteiger charge is -2.15. The lowest BCUT2D eigenvalue weighted by atomic mass is 10.2. The zero-order valence-corrected chi connectivity index (χ0v) is 25.3. The Morgan fingerprint density at radius 1 is 0.641 bits per heavy atom. The van der Waals surface area contributed by atoms with Gasteiger partial charge in [0.15, 0.2) is 0 Å². The van der Waals surface area contributed by atoms with Crippen LogP contribution in [-0.2, 0) is 19.6 Å². The molecule has 0 amide bonds. The van der Waals surface area contributed by atoms with E-state index in [-0.39, 0.29) is 0 Å². The van der Waals surface area contributed by atoms with Crippen LogP contribution in [0, 0.1) is 0 Å². The van der Waals surface area contributed by atoms with Crippen LogP contribution in [0.15, 0.2) is 14.4 Å². The third-order valence-corrected chi connectivity index (χ3v) is 7.80. The van der Waals surface area contributed by atoms with Crippen molar-refractivity contribution in [2.24, 2.45) is 0 Å². The molecule has 0 aliphatic carbocycles. The third-order valence-electron chi connectivity index (χ3n) is 7.80. The van der Waals surface area contributed by atoms with Gasteiger partial charge < -0.3 is 16.0 Å². The van der Waals surface area contributed by atoms with Crippen LogP contribution < -0.4 is 33.0 Å². The van der Waals surface area contributed by atoms with Gasteiger partial charge >= 0.3 is 17.1 Å². The summed E-state index contributed by atoms with van der Waals surface area (Å²) in [6.07, 6.45) is 11.6. The molecule has 0 bridgehead atoms. The Morgan fingerprint density at radius 3 is 1.36 bits per heavy atom. The Balaban J connectivity index is 1.91. The molecule has 3 unspecified atom stereocenters. The van der Waals surface area contributed by atoms with Gasteiger partial charge in [0.2, 0.25) is 0 Å². The molecule has 0 radical (unpaired) electrons. The highest BCUT2D eigenvalue weighted by Crippen LogP contribution is 2.15. The first-order valence-electron chi connectivity index (χ1n) is 15.6. The van der Waals surface area contributed by atoms with Gasteiger partial charge in [-0.2, -0.15) is 0 Å². The highest BCUT2D eigenvalue weighted by atomic mass is 16.2. The van der Waals surface area contributed by atoms with Crippen LogP contribution in [0.25, 0.3) is 0 Å². The maximum absolute atomic E-state index is 13.2. The molecule has 0 aromatic carbocycles. The molecular weight excluding hydrogens is 494 g/mol. The summed E-state index contributed by atoms with van der Waals surface area (Å²) in [5, 5.41) is 9.89. The largest absolute Gasteiger partial charge is 0.336 e. The quantitative estimate of drug-likeness (QED) is 0.133. The summed E-state index contributed by atoms with van der Waals surface area (Å²) >= 11 is 0. The molecule has 39 heavy (non-hydrogen) atoms. The second-order valence-corrected chi connectivity index (χ2v) is 11.4. The van der Waals surface area contributed by atoms with Gasteiger partial charge in [0.05, 0.1) is 0 Å². The summed E-state index contributed by atoms with van der Waals surface area (Å²) in [4.78, 5) is 42.1. The number of rotatable bonds is 24. The highest BCUT2D eigenvalue weighted by molar-refractivity contribution is 4.87. The van der Waals surface area contributed by atoms with Gasteiger partial charge in [-0.05, 0) is 86.1 Å². The van der Waals surface area contributed by atoms with Crippen molar-refractivity contribution in [1.82, 2.24) is 34.6 Å². The molecule has 226 valence electrons. The molecule has 2 rings (SSSR count). The first-order chi connectivity index (χ1) is 18.9. The summed E-state index contributed by atoms with van der Waals surface area (Å²) in [7, 11) is 3.89. The van der Waals surface area contributed by atoms with E-state index in [1.807, 2.05) is 14.1 Å². The lowest BCUT2D eigenvalue weighted by molar-refractivity contribution is 0.404. The molecule has 3 N–H and O–H groups in total. The van der Waals surface area contributed by atoms with Crippen LogP contribution in [0.4, 0.5) is 0 Å². The van der Waals surface area contributed by atoms with Gasteiger partial charge in [0.25, 0.3) is 0 Å². The SMILES string of the molecule is CNCCCCCCn1c(=O)n(CCCCCCNC)c(=O)n(CCCCCCNC(C)CN2CC2C)c1=O. The normalized spacial score (nSPS) is 17.5. The third kappa shape index (κ3) is 12.5. The molecule has 0 saturated carbocycles. The second-order valence-electron chi connectivity index (χ2n) is 11.4. The van der Waals surface area contributed by atoms with Crippen LogP contribution in [0.2, 0.25) is 0 Å². The maximum Gasteiger partial charge on any atom is 0.336 e. The molecule has 10 heteroatoms. The zero-order chi connectivity index (χ0) is 28.5. The standard InChI is InChI=1S/C29H57N7O3/c1-25(23-33-24-26(33)2)32-19-13-7-10-16-22-36-28(38)34(20-14-8-5-11-17-30-3)27(37)35(29(36)39)21-15-9-6-12-18-31-4/h25-26,30-32H,5-24H2,1-4H3. The molecule has 1 fully saturated rings. The van der Waals surface area contributed by atoms with Gasteiger partial charge in [0.1, 0.15) is 0 Å². The fraction of sp³-hybridized carbons (Fsp3) is 0.897. The Hall–Kier alpha value is -1.75. The van der Waals surface area contributed by atoms with E-state index in [0.29, 0.717) is 25.7 Å². The van der Waals surface area contributed by atoms with E-state index in [0.717, 1.165) is 109 Å². The van der Waals surface area contributed by atoms with E-state index in [1.165, 1.54) is 20.2 Å². The van der Waals surface area contributed by atoms with Crippen LogP contribution in [0.3, 0.4) is 0 Å². The summed E-state index contributed by atoms with van der Waals surface area (Å²) in [5.74, 6) is 0. The first kappa shape index (κ1) is 33.5. The van der Waals surface area contributed by atoms with Crippen molar-refractivity contribution in [3.8, 4) is 0 Å². The summed E-state index contributed by atoms with van der Waals surface area (Å²) in [6, 6.07) is 1.24. The van der Waals surface area contributed by atoms with Crippen molar-refractivity contribution in [1.29, 1.82) is 0 Å². The highest BCUT2D eigenvalue weighted by Gasteiger charge is 2.29. The summed E-state index contributed by atoms with van der Waals surface area (Å²) in [6.45, 7) is 10.9. The maximum atomic E-state index is 13.2. The lowest BCUT2D eigenvalue weighted by Crippen LogP contribution is -2.54. The van der Waals surface area contributed by atoms with Crippen LogP contribution in [0.1, 0.15) is 90.9 Å². The van der Waals surface area contributed by atoms with Gasteiger partial charge in [0, 0.05) is 44.8 Å². The van der Waals surface area contributed by atoms with Crippen molar-refractivity contribution in [2.45, 2.75) is 123 Å². The summed E-state index contributed by atoms with van der Waals surface area (Å²) < 4.78 is 3.93. The Kier molecular flexibility index (Phi) is 16.6. The van der Waals surface area contributed by atoms with E-state index in [1.54, 1.807) is 0 Å². The Bertz CT molecular complexity index is 917. The molecule has 1 aliphatic heterocycles. The van der Waals surface area contributed by atoms with Crippen molar-refractivity contribution in [2.75, 3.05) is 46.8 Å². The average molecular weight is 552 g/mol. The Labute approximate surface area is 235 Å². The fourth-order valence-electron chi connectivity index (χ4n) is 5.17. The average Bonchev–Trinajstić information content (AvgIpc) is 3.61. The van der Waals surface area contributed by atoms with Crippen molar-refractivity contribution < 1.29 is 0 Å². The van der Waals surface area contributed by atoms with E-state index < -0.39 is 17.1 Å². The van der Waals surface area contributed by atoms with Crippen molar-refractivity contribution in [3.05, 3.63) is 31.5 Å². The number of hydrogen-bond acceptors (Lipinski definition) is 7. The van der Waals surface area contributed by atoms with E-state index in [2.05, 4.69) is 34.7 Å². The molecule has 1 aliphatic rings. The second kappa shape index (κ2) is 19.3. The molecule has 2 heterocycles. The molecular formula is C29H57N7O3. The molecule has 3 atom stereocenters. The molecule has 0 spiro atoms. The van der Waals surface area contributed by atoms with Crippen LogP contribution in [0.5, 0.6) is 0 Å². The van der Waals surface area contributed by atoms with Gasteiger partial charge in [-0.3, -0.25) is 4.90 Å². The minimum atomic E-state index is -0.441. The van der Waals surface area contributed by atoms with Gasteiger partial charge in [-0.1, -0.05) is 38.5 Å². The smallest absolute Gasteiger partial charge is 0.320 e. The fourth-order valence-corrected chi connectivity index (χ4v) is 5.17. The van der Waals surface area contributed by atoms with Crippen molar-refractivity contribution >= 4 is 0 Å². The van der Waals surface area contributed by atoms with E-state index in [9.17, 15) is 14.4 Å². The topological polar surface area (TPSA) is 105 Å². The minimum absolute atomic E-state index is 0.374. The minimum Gasteiger partial charge on any atom is -0.320 e. The van der Waals surface area contributed by atoms with E-state index in [4.69, 9.17) is 0 Å². The van der Waals surface area contributed by atoms with Crippen LogP contribution in [-0.4, -0.2) is 77.5 Å². The van der Waals surface area contributed by atoms with E-state index >= 15 is 0 Å². The molecule has 1 aromatic heterocycles. The molecule has 1 saturated heterocycles. The predicted molar refractivity (Wildman–Crippen MR) is 161 cm³/mol. The summed E-state index contributed by atoms with van der Waals surface area (Å²) in [5.41, 5.74) is -1.32. The Morgan fingerprint density at radius 2 is 1.00 bits per heavy atom. The monoisotopic (exact) mass is 551 g/mol. The zero-order valence-electron chi connectivity index (χ0n) is 25.3. The van der Waals surface area contributed by atoms with Gasteiger partial charge in [-0.25, -0.2) is 28.1 Å². The first-order valence-corrected chi connectivity index (χ1v) is 15.6. The number of nitrogens with one attached hydrogen (secondary N) is 3. The molecule has 1 aromatic rings. The number of nitrogens with zero attached hydrogens (tertiary/aromatic N) is 4. The van der Waals surface area contributed by atoms with Crippen LogP contribution >= 0.6 is 0 Å². The predicted octanol–water partition coefficient (Wildman–Crippen LogP) is 1.97. The number of unbranched alkanes of at least 4 members (excludes halogenated alkanes) is 9. The van der Waals surface area contributed by atoms with Gasteiger partial charge in [-0.15, -0.1) is 0 Å². The molecule has 10 nitrogen and oxygen atoms in total. The van der Waals surface area contributed by atoms with Crippen molar-refractivity contribution in [3.63, 3.8) is 0 Å². The number of hydrogen-bond donors (Lipinski definition) is 3. The number of aromatic nitrogens is 3.